The van der Waals surface area contributed by atoms with E-state index >= 15 is 0 Å². The van der Waals surface area contributed by atoms with Crippen LogP contribution in [0.1, 0.15) is 341 Å². The minimum atomic E-state index is -0.663. The quantitative estimate of drug-likeness (QED) is 0.0420. The molecule has 0 bridgehead atoms. The summed E-state index contributed by atoms with van der Waals surface area (Å²) in [5.74, 6) is -0.0300. The molecule has 0 aromatic carbocycles. The molecular formula is C65H123NO3. The van der Waals surface area contributed by atoms with Crippen LogP contribution < -0.4 is 5.32 Å². The highest BCUT2D eigenvalue weighted by atomic mass is 16.3. The van der Waals surface area contributed by atoms with Gasteiger partial charge in [-0.15, -0.1) is 0 Å². The van der Waals surface area contributed by atoms with E-state index in [0.29, 0.717) is 12.8 Å². The summed E-state index contributed by atoms with van der Waals surface area (Å²) >= 11 is 0. The first-order chi connectivity index (χ1) is 34.2. The minimum Gasteiger partial charge on any atom is -0.394 e. The van der Waals surface area contributed by atoms with Crippen LogP contribution in [0.2, 0.25) is 0 Å². The predicted octanol–water partition coefficient (Wildman–Crippen LogP) is 21.0. The van der Waals surface area contributed by atoms with Crippen molar-refractivity contribution in [2.75, 3.05) is 6.61 Å². The molecule has 0 saturated heterocycles. The molecule has 4 heteroatoms. The number of amides is 1. The van der Waals surface area contributed by atoms with Crippen molar-refractivity contribution in [3.63, 3.8) is 0 Å². The normalized spacial score (nSPS) is 13.0. The third-order valence-corrected chi connectivity index (χ3v) is 14.6. The molecule has 0 aliphatic rings. The maximum atomic E-state index is 12.5. The van der Waals surface area contributed by atoms with Crippen molar-refractivity contribution in [1.29, 1.82) is 0 Å². The highest BCUT2D eigenvalue weighted by Crippen LogP contribution is 2.18. The largest absolute Gasteiger partial charge is 0.394 e. The van der Waals surface area contributed by atoms with Crippen LogP contribution in [0, 0.1) is 0 Å². The van der Waals surface area contributed by atoms with E-state index in [1.807, 2.05) is 0 Å². The van der Waals surface area contributed by atoms with Gasteiger partial charge in [0.1, 0.15) is 0 Å². The molecule has 4 nitrogen and oxygen atoms in total. The van der Waals surface area contributed by atoms with Crippen LogP contribution in [0.25, 0.3) is 0 Å². The van der Waals surface area contributed by atoms with Gasteiger partial charge in [0.25, 0.3) is 0 Å². The number of hydrogen-bond donors (Lipinski definition) is 3. The molecule has 0 saturated carbocycles. The zero-order valence-electron chi connectivity index (χ0n) is 46.8. The maximum Gasteiger partial charge on any atom is 0.220 e. The van der Waals surface area contributed by atoms with Crippen molar-refractivity contribution in [1.82, 2.24) is 5.32 Å². The van der Waals surface area contributed by atoms with Crippen LogP contribution in [0.4, 0.5) is 0 Å². The van der Waals surface area contributed by atoms with Gasteiger partial charge >= 0.3 is 0 Å². The second kappa shape index (κ2) is 60.7. The van der Waals surface area contributed by atoms with Crippen molar-refractivity contribution in [2.45, 2.75) is 353 Å². The molecule has 0 spiro atoms. The Bertz CT molecular complexity index is 1090. The zero-order chi connectivity index (χ0) is 49.9. The van der Waals surface area contributed by atoms with Gasteiger partial charge in [0.2, 0.25) is 5.91 Å². The Morgan fingerprint density at radius 1 is 0.362 bits per heavy atom. The van der Waals surface area contributed by atoms with Gasteiger partial charge in [0.05, 0.1) is 18.8 Å². The second-order valence-corrected chi connectivity index (χ2v) is 21.5. The van der Waals surface area contributed by atoms with Crippen LogP contribution >= 0.6 is 0 Å². The highest BCUT2D eigenvalue weighted by molar-refractivity contribution is 5.76. The standard InChI is InChI=1S/C65H123NO3/c1-3-5-7-9-11-13-15-17-19-21-23-25-27-29-30-31-32-33-34-35-37-38-40-42-44-46-48-50-52-54-56-58-60-64(68)63(62-67)66-65(69)61-59-57-55-53-51-49-47-45-43-41-39-36-28-26-24-22-20-18-16-14-12-10-8-6-4-2/h6,8,12,14,18,20,24,26,63-64,67-68H,3-5,7,9-11,13,15-17,19,21-23,25,27-62H2,1-2H3,(H,66,69)/b8-6-,14-12-,20-18-,26-24-. The minimum absolute atomic E-state index is 0.0300. The fraction of sp³-hybridized carbons (Fsp3) is 0.862. The van der Waals surface area contributed by atoms with Gasteiger partial charge in [0.15, 0.2) is 0 Å². The molecule has 406 valence electrons. The molecule has 0 rings (SSSR count). The molecule has 2 atom stereocenters. The molecule has 0 radical (unpaired) electrons. The molecule has 0 heterocycles. The van der Waals surface area contributed by atoms with Crippen molar-refractivity contribution in [3.05, 3.63) is 48.6 Å². The van der Waals surface area contributed by atoms with E-state index in [-0.39, 0.29) is 12.5 Å². The van der Waals surface area contributed by atoms with Gasteiger partial charge in [-0.1, -0.05) is 332 Å². The molecule has 2 unspecified atom stereocenters. The summed E-state index contributed by atoms with van der Waals surface area (Å²) in [7, 11) is 0. The van der Waals surface area contributed by atoms with Crippen LogP contribution in [0.5, 0.6) is 0 Å². The zero-order valence-corrected chi connectivity index (χ0v) is 46.8. The summed E-state index contributed by atoms with van der Waals surface area (Å²) in [4.78, 5) is 12.5. The van der Waals surface area contributed by atoms with E-state index < -0.39 is 12.1 Å². The Labute approximate surface area is 433 Å². The Balaban J connectivity index is 3.42. The topological polar surface area (TPSA) is 69.6 Å². The summed E-state index contributed by atoms with van der Waals surface area (Å²) in [5, 5.41) is 23.4. The van der Waals surface area contributed by atoms with Crippen LogP contribution in [0.3, 0.4) is 0 Å². The number of aliphatic hydroxyl groups is 2. The summed E-state index contributed by atoms with van der Waals surface area (Å²) in [5.41, 5.74) is 0. The third kappa shape index (κ3) is 57.1. The number of aliphatic hydroxyl groups excluding tert-OH is 2. The first-order valence-corrected chi connectivity index (χ1v) is 31.3. The molecule has 0 aliphatic heterocycles. The van der Waals surface area contributed by atoms with Gasteiger partial charge in [-0.2, -0.15) is 0 Å². The molecule has 3 N–H and O–H groups in total. The van der Waals surface area contributed by atoms with Gasteiger partial charge in [0, 0.05) is 6.42 Å². The molecule has 0 aliphatic carbocycles. The van der Waals surface area contributed by atoms with E-state index in [4.69, 9.17) is 0 Å². The first-order valence-electron chi connectivity index (χ1n) is 31.3. The lowest BCUT2D eigenvalue weighted by atomic mass is 10.0. The van der Waals surface area contributed by atoms with E-state index in [1.54, 1.807) is 0 Å². The summed E-state index contributed by atoms with van der Waals surface area (Å²) < 4.78 is 0. The van der Waals surface area contributed by atoms with E-state index in [2.05, 4.69) is 67.8 Å². The maximum absolute atomic E-state index is 12.5. The van der Waals surface area contributed by atoms with Crippen LogP contribution in [-0.4, -0.2) is 34.9 Å². The van der Waals surface area contributed by atoms with Gasteiger partial charge in [-0.05, 0) is 51.4 Å². The Hall–Kier alpha value is -1.65. The molecule has 0 aromatic rings. The highest BCUT2D eigenvalue weighted by Gasteiger charge is 2.20. The Morgan fingerprint density at radius 3 is 0.957 bits per heavy atom. The lowest BCUT2D eigenvalue weighted by Gasteiger charge is -2.22. The van der Waals surface area contributed by atoms with Crippen molar-refractivity contribution < 1.29 is 15.0 Å². The number of carbonyl (C=O) groups excluding carboxylic acids is 1. The lowest BCUT2D eigenvalue weighted by Crippen LogP contribution is -2.45. The molecule has 0 fully saturated rings. The SMILES string of the molecule is CC/C=C\C/C=C\C/C=C\C/C=C\CCCCCCCCCCCCCCC(=O)NC(CO)C(O)CCCCCCCCCCCCCCCCCCCCCCCCCCCCCCCCCC. The smallest absolute Gasteiger partial charge is 0.220 e. The third-order valence-electron chi connectivity index (χ3n) is 14.6. The monoisotopic (exact) mass is 966 g/mol. The van der Waals surface area contributed by atoms with Crippen molar-refractivity contribution in [3.8, 4) is 0 Å². The average Bonchev–Trinajstić information content (AvgIpc) is 3.35. The van der Waals surface area contributed by atoms with E-state index in [0.717, 1.165) is 51.4 Å². The van der Waals surface area contributed by atoms with Crippen molar-refractivity contribution in [2.24, 2.45) is 0 Å². The summed E-state index contributed by atoms with van der Waals surface area (Å²) in [6.07, 6.45) is 84.2. The number of allylic oxidation sites excluding steroid dienone is 8. The Kier molecular flexibility index (Phi) is 59.2. The fourth-order valence-electron chi connectivity index (χ4n) is 9.89. The summed E-state index contributed by atoms with van der Waals surface area (Å²) in [6, 6.07) is -0.540. The van der Waals surface area contributed by atoms with Gasteiger partial charge < -0.3 is 15.5 Å². The molecule has 69 heavy (non-hydrogen) atoms. The number of carbonyl (C=O) groups is 1. The van der Waals surface area contributed by atoms with E-state index in [9.17, 15) is 15.0 Å². The van der Waals surface area contributed by atoms with Gasteiger partial charge in [-0.25, -0.2) is 0 Å². The second-order valence-electron chi connectivity index (χ2n) is 21.5. The van der Waals surface area contributed by atoms with Gasteiger partial charge in [-0.3, -0.25) is 4.79 Å². The summed E-state index contributed by atoms with van der Waals surface area (Å²) in [6.45, 7) is 4.28. The van der Waals surface area contributed by atoms with Crippen LogP contribution in [-0.2, 0) is 4.79 Å². The van der Waals surface area contributed by atoms with E-state index in [1.165, 1.54) is 263 Å². The first kappa shape index (κ1) is 67.3. The fourth-order valence-corrected chi connectivity index (χ4v) is 9.89. The average molecular weight is 967 g/mol. The predicted molar refractivity (Wildman–Crippen MR) is 308 cm³/mol. The number of unbranched alkanes of at least 4 members (excludes halogenated alkanes) is 43. The molecular weight excluding hydrogens is 843 g/mol. The molecule has 1 amide bonds. The lowest BCUT2D eigenvalue weighted by molar-refractivity contribution is -0.123. The number of nitrogens with one attached hydrogen (secondary N) is 1. The molecule has 0 aromatic heterocycles. The number of rotatable bonds is 58. The van der Waals surface area contributed by atoms with Crippen LogP contribution in [0.15, 0.2) is 48.6 Å². The van der Waals surface area contributed by atoms with Crippen molar-refractivity contribution >= 4 is 5.91 Å². The Morgan fingerprint density at radius 2 is 0.638 bits per heavy atom. The number of hydrogen-bond acceptors (Lipinski definition) is 3.